The van der Waals surface area contributed by atoms with Crippen LogP contribution in [0.4, 0.5) is 0 Å². The summed E-state index contributed by atoms with van der Waals surface area (Å²) in [7, 11) is 1.50. The van der Waals surface area contributed by atoms with Crippen LogP contribution in [0.3, 0.4) is 0 Å². The minimum absolute atomic E-state index is 0.0985. The second-order valence-corrected chi connectivity index (χ2v) is 9.61. The molecule has 4 nitrogen and oxygen atoms in total. The van der Waals surface area contributed by atoms with Crippen molar-refractivity contribution in [2.45, 2.75) is 82.4 Å². The number of nitrogens with one attached hydrogen (secondary N) is 1. The molecule has 0 amide bonds. The van der Waals surface area contributed by atoms with E-state index >= 15 is 0 Å². The summed E-state index contributed by atoms with van der Waals surface area (Å²) in [6, 6.07) is 8.14. The molecular formula is C24H33NO3. The second-order valence-electron chi connectivity index (χ2n) is 9.61. The molecule has 152 valence electrons. The average Bonchev–Trinajstić information content (AvgIpc) is 3.50. The third kappa shape index (κ3) is 3.45. The third-order valence-corrected chi connectivity index (χ3v) is 7.73. The molecule has 2 saturated heterocycles. The van der Waals surface area contributed by atoms with Gasteiger partial charge in [0.1, 0.15) is 11.9 Å². The quantitative estimate of drug-likeness (QED) is 0.774. The number of carbonyl (C=O) groups is 1. The molecule has 3 fully saturated rings. The molecule has 1 saturated carbocycles. The van der Waals surface area contributed by atoms with E-state index in [0.29, 0.717) is 30.0 Å². The Bertz CT molecular complexity index is 731. The van der Waals surface area contributed by atoms with Crippen molar-refractivity contribution in [3.05, 3.63) is 29.3 Å². The van der Waals surface area contributed by atoms with Crippen molar-refractivity contribution >= 4 is 5.97 Å². The van der Waals surface area contributed by atoms with Gasteiger partial charge in [0.15, 0.2) is 0 Å². The molecule has 0 radical (unpaired) electrons. The average molecular weight is 384 g/mol. The molecule has 1 aromatic rings. The van der Waals surface area contributed by atoms with E-state index in [1.807, 2.05) is 6.92 Å². The van der Waals surface area contributed by atoms with E-state index in [4.69, 9.17) is 9.47 Å². The first kappa shape index (κ1) is 18.5. The summed E-state index contributed by atoms with van der Waals surface area (Å²) in [5.41, 5.74) is 2.59. The number of fused-ring (bicyclic) bond motifs is 3. The minimum Gasteiger partial charge on any atom is -0.490 e. The van der Waals surface area contributed by atoms with E-state index < -0.39 is 0 Å². The van der Waals surface area contributed by atoms with E-state index in [9.17, 15) is 4.79 Å². The van der Waals surface area contributed by atoms with Gasteiger partial charge in [0.2, 0.25) is 0 Å². The van der Waals surface area contributed by atoms with E-state index in [1.54, 1.807) is 0 Å². The maximum Gasteiger partial charge on any atom is 0.309 e. The molecule has 4 aliphatic rings. The predicted molar refractivity (Wildman–Crippen MR) is 108 cm³/mol. The Morgan fingerprint density at radius 1 is 1.14 bits per heavy atom. The molecular weight excluding hydrogens is 350 g/mol. The first-order valence-corrected chi connectivity index (χ1v) is 11.3. The van der Waals surface area contributed by atoms with E-state index in [-0.39, 0.29) is 17.8 Å². The molecule has 4 unspecified atom stereocenters. The lowest BCUT2D eigenvalue weighted by Crippen LogP contribution is -2.44. The van der Waals surface area contributed by atoms with Gasteiger partial charge in [-0.15, -0.1) is 0 Å². The Morgan fingerprint density at radius 2 is 1.89 bits per heavy atom. The van der Waals surface area contributed by atoms with Gasteiger partial charge in [0.25, 0.3) is 0 Å². The van der Waals surface area contributed by atoms with Crippen LogP contribution < -0.4 is 10.1 Å². The van der Waals surface area contributed by atoms with Crippen molar-refractivity contribution in [2.24, 2.45) is 17.8 Å². The first-order chi connectivity index (χ1) is 13.6. The highest BCUT2D eigenvalue weighted by molar-refractivity contribution is 5.73. The number of ether oxygens (including phenoxy) is 2. The number of esters is 1. The van der Waals surface area contributed by atoms with Crippen LogP contribution in [0.25, 0.3) is 0 Å². The molecule has 4 heteroatoms. The number of piperidine rings is 1. The van der Waals surface area contributed by atoms with E-state index in [0.717, 1.165) is 18.6 Å². The van der Waals surface area contributed by atoms with Crippen molar-refractivity contribution in [3.63, 3.8) is 0 Å². The molecule has 2 bridgehead atoms. The van der Waals surface area contributed by atoms with Gasteiger partial charge in [-0.1, -0.05) is 19.1 Å². The fourth-order valence-electron chi connectivity index (χ4n) is 6.11. The summed E-state index contributed by atoms with van der Waals surface area (Å²) in [5.74, 6) is 2.41. The van der Waals surface area contributed by atoms with E-state index in [1.165, 1.54) is 56.8 Å². The van der Waals surface area contributed by atoms with Crippen LogP contribution in [-0.4, -0.2) is 31.3 Å². The first-order valence-electron chi connectivity index (χ1n) is 11.3. The second kappa shape index (κ2) is 7.37. The van der Waals surface area contributed by atoms with Crippen molar-refractivity contribution < 1.29 is 14.3 Å². The van der Waals surface area contributed by atoms with Gasteiger partial charge in [-0.05, 0) is 86.3 Å². The Labute approximate surface area is 168 Å². The Hall–Kier alpha value is -1.55. The number of benzene rings is 1. The highest BCUT2D eigenvalue weighted by Crippen LogP contribution is 2.48. The minimum atomic E-state index is -0.102. The molecule has 3 aliphatic heterocycles. The third-order valence-electron chi connectivity index (χ3n) is 7.73. The molecule has 0 spiro atoms. The largest absolute Gasteiger partial charge is 0.490 e. The number of carbonyl (C=O) groups excluding carboxylic acids is 1. The van der Waals surface area contributed by atoms with Crippen LogP contribution in [0, 0.1) is 17.8 Å². The standard InChI is InChI=1S/C24H33NO3/c1-14(24(26)27-2)23(16-4-5-16)17-6-3-15-7-10-21(28-22(15)13-17)18-11-19-8-9-20(12-18)25-19/h3,6,13-14,16,18-21,23,25H,4-5,7-12H2,1-2H3/t14?,18?,19-,20+,21?,23?. The predicted octanol–water partition coefficient (Wildman–Crippen LogP) is 4.21. The molecule has 28 heavy (non-hydrogen) atoms. The van der Waals surface area contributed by atoms with Crippen molar-refractivity contribution in [1.29, 1.82) is 0 Å². The van der Waals surface area contributed by atoms with Crippen LogP contribution in [0.1, 0.15) is 68.9 Å². The van der Waals surface area contributed by atoms with Crippen LogP contribution in [-0.2, 0) is 16.0 Å². The van der Waals surface area contributed by atoms with Gasteiger partial charge in [0, 0.05) is 12.1 Å². The summed E-state index contributed by atoms with van der Waals surface area (Å²) in [6.07, 6.45) is 10.2. The van der Waals surface area contributed by atoms with Gasteiger partial charge in [-0.3, -0.25) is 4.79 Å². The summed E-state index contributed by atoms with van der Waals surface area (Å²) < 4.78 is 11.7. The number of hydrogen-bond donors (Lipinski definition) is 1. The normalized spacial score (nSPS) is 33.5. The van der Waals surface area contributed by atoms with Crippen molar-refractivity contribution in [1.82, 2.24) is 5.32 Å². The van der Waals surface area contributed by atoms with Crippen molar-refractivity contribution in [2.75, 3.05) is 7.11 Å². The summed E-state index contributed by atoms with van der Waals surface area (Å²) in [4.78, 5) is 12.2. The van der Waals surface area contributed by atoms with Crippen molar-refractivity contribution in [3.8, 4) is 5.75 Å². The fourth-order valence-corrected chi connectivity index (χ4v) is 6.11. The van der Waals surface area contributed by atoms with Crippen LogP contribution in [0.2, 0.25) is 0 Å². The maximum absolute atomic E-state index is 12.2. The number of aryl methyl sites for hydroxylation is 1. The van der Waals surface area contributed by atoms with Gasteiger partial charge >= 0.3 is 5.97 Å². The molecule has 3 heterocycles. The van der Waals surface area contributed by atoms with Gasteiger partial charge in [-0.2, -0.15) is 0 Å². The Kier molecular flexibility index (Phi) is 4.86. The Morgan fingerprint density at radius 3 is 2.57 bits per heavy atom. The van der Waals surface area contributed by atoms with Gasteiger partial charge in [0.05, 0.1) is 13.0 Å². The fraction of sp³-hybridized carbons (Fsp3) is 0.708. The Balaban J connectivity index is 1.35. The molecule has 1 N–H and O–H groups in total. The highest BCUT2D eigenvalue weighted by atomic mass is 16.5. The molecule has 1 aromatic carbocycles. The summed E-state index contributed by atoms with van der Waals surface area (Å²) in [6.45, 7) is 2.02. The SMILES string of the molecule is COC(=O)C(C)C(c1ccc2c(c1)OC(C1C[C@H]3CC[C@@H](C1)N3)CC2)C1CC1. The number of rotatable bonds is 5. The van der Waals surface area contributed by atoms with E-state index in [2.05, 4.69) is 23.5 Å². The maximum atomic E-state index is 12.2. The molecule has 5 rings (SSSR count). The zero-order valence-electron chi connectivity index (χ0n) is 17.2. The number of methoxy groups -OCH3 is 1. The molecule has 6 atom stereocenters. The molecule has 0 aromatic heterocycles. The monoisotopic (exact) mass is 383 g/mol. The smallest absolute Gasteiger partial charge is 0.309 e. The lowest BCUT2D eigenvalue weighted by molar-refractivity contribution is -0.145. The van der Waals surface area contributed by atoms with Gasteiger partial charge in [-0.25, -0.2) is 0 Å². The van der Waals surface area contributed by atoms with Crippen LogP contribution in [0.15, 0.2) is 18.2 Å². The van der Waals surface area contributed by atoms with Gasteiger partial charge < -0.3 is 14.8 Å². The summed E-state index contributed by atoms with van der Waals surface area (Å²) >= 11 is 0. The summed E-state index contributed by atoms with van der Waals surface area (Å²) in [5, 5.41) is 3.75. The number of hydrogen-bond acceptors (Lipinski definition) is 4. The topological polar surface area (TPSA) is 47.6 Å². The molecule has 1 aliphatic carbocycles. The lowest BCUT2D eigenvalue weighted by atomic mass is 9.81. The highest BCUT2D eigenvalue weighted by Gasteiger charge is 2.41. The van der Waals surface area contributed by atoms with Crippen LogP contribution in [0.5, 0.6) is 5.75 Å². The zero-order valence-corrected chi connectivity index (χ0v) is 17.2. The van der Waals surface area contributed by atoms with Crippen LogP contribution >= 0.6 is 0 Å². The lowest BCUT2D eigenvalue weighted by Gasteiger charge is -2.37. The zero-order chi connectivity index (χ0) is 19.3.